The highest BCUT2D eigenvalue weighted by Gasteiger charge is 2.18. The van der Waals surface area contributed by atoms with E-state index in [0.29, 0.717) is 5.89 Å². The quantitative estimate of drug-likeness (QED) is 0.516. The van der Waals surface area contributed by atoms with Gasteiger partial charge in [0.05, 0.1) is 6.20 Å². The third-order valence-electron chi connectivity index (χ3n) is 4.40. The Kier molecular flexibility index (Phi) is 4.87. The van der Waals surface area contributed by atoms with Crippen LogP contribution in [-0.2, 0) is 0 Å². The largest absolute Gasteiger partial charge is 0.445 e. The van der Waals surface area contributed by atoms with Gasteiger partial charge in [0, 0.05) is 17.3 Å². The van der Waals surface area contributed by atoms with Gasteiger partial charge < -0.3 is 9.73 Å². The summed E-state index contributed by atoms with van der Waals surface area (Å²) in [4.78, 5) is 20.6. The standard InChI is InChI=1S/C22H15F2N3O2/c1-13-10-19(27-21(28)20-17(23)6-3-7-18(20)24)26-12-16(13)14-4-2-5-15(11-14)22-25-8-9-29-22/h2-12H,1H3,(H,26,27,28). The van der Waals surface area contributed by atoms with Gasteiger partial charge in [0.1, 0.15) is 29.3 Å². The number of nitrogens with zero attached hydrogens (tertiary/aromatic N) is 2. The van der Waals surface area contributed by atoms with Crippen LogP contribution in [0, 0.1) is 18.6 Å². The van der Waals surface area contributed by atoms with Crippen molar-refractivity contribution < 1.29 is 18.0 Å². The van der Waals surface area contributed by atoms with E-state index in [1.807, 2.05) is 31.2 Å². The first kappa shape index (κ1) is 18.5. The van der Waals surface area contributed by atoms with E-state index in [1.165, 1.54) is 12.3 Å². The Morgan fingerprint density at radius 1 is 1.00 bits per heavy atom. The Morgan fingerprint density at radius 2 is 1.72 bits per heavy atom. The maximum absolute atomic E-state index is 13.8. The highest BCUT2D eigenvalue weighted by molar-refractivity contribution is 6.04. The van der Waals surface area contributed by atoms with Crippen LogP contribution >= 0.6 is 0 Å². The van der Waals surface area contributed by atoms with Crippen molar-refractivity contribution in [3.05, 3.63) is 89.9 Å². The average molecular weight is 391 g/mol. The van der Waals surface area contributed by atoms with Crippen LogP contribution in [0.15, 0.2) is 71.6 Å². The number of amides is 1. The van der Waals surface area contributed by atoms with E-state index in [4.69, 9.17) is 4.42 Å². The molecule has 0 saturated carbocycles. The molecule has 1 amide bonds. The number of aromatic nitrogens is 2. The molecule has 29 heavy (non-hydrogen) atoms. The number of benzene rings is 2. The predicted octanol–water partition coefficient (Wildman–Crippen LogP) is 5.24. The molecule has 0 fully saturated rings. The van der Waals surface area contributed by atoms with E-state index in [9.17, 15) is 13.6 Å². The molecule has 2 heterocycles. The second kappa shape index (κ2) is 7.63. The summed E-state index contributed by atoms with van der Waals surface area (Å²) in [6.45, 7) is 1.86. The smallest absolute Gasteiger partial charge is 0.262 e. The van der Waals surface area contributed by atoms with Crippen LogP contribution in [0.5, 0.6) is 0 Å². The van der Waals surface area contributed by atoms with E-state index in [-0.39, 0.29) is 5.82 Å². The molecule has 4 aromatic rings. The van der Waals surface area contributed by atoms with Gasteiger partial charge in [-0.2, -0.15) is 0 Å². The zero-order chi connectivity index (χ0) is 20.4. The summed E-state index contributed by atoms with van der Waals surface area (Å²) in [6, 6.07) is 12.5. The molecule has 0 saturated heterocycles. The second-order valence-corrected chi connectivity index (χ2v) is 6.35. The number of halogens is 2. The summed E-state index contributed by atoms with van der Waals surface area (Å²) in [6.07, 6.45) is 4.67. The van der Waals surface area contributed by atoms with Gasteiger partial charge in [-0.15, -0.1) is 0 Å². The minimum absolute atomic E-state index is 0.197. The fourth-order valence-electron chi connectivity index (χ4n) is 3.01. The summed E-state index contributed by atoms with van der Waals surface area (Å²) in [7, 11) is 0. The lowest BCUT2D eigenvalue weighted by Crippen LogP contribution is -2.16. The highest BCUT2D eigenvalue weighted by Crippen LogP contribution is 2.28. The fourth-order valence-corrected chi connectivity index (χ4v) is 3.01. The van der Waals surface area contributed by atoms with Crippen LogP contribution in [-0.4, -0.2) is 15.9 Å². The number of anilines is 1. The van der Waals surface area contributed by atoms with Gasteiger partial charge in [-0.25, -0.2) is 18.7 Å². The number of oxazole rings is 1. The van der Waals surface area contributed by atoms with Crippen molar-refractivity contribution in [3.8, 4) is 22.6 Å². The molecule has 0 bridgehead atoms. The lowest BCUT2D eigenvalue weighted by molar-refractivity contribution is 0.101. The molecule has 0 spiro atoms. The number of hydrogen-bond acceptors (Lipinski definition) is 4. The lowest BCUT2D eigenvalue weighted by atomic mass is 10.0. The summed E-state index contributed by atoms with van der Waals surface area (Å²) in [5.41, 5.74) is 2.74. The molecular weight excluding hydrogens is 376 g/mol. The van der Waals surface area contributed by atoms with Gasteiger partial charge in [0.2, 0.25) is 5.89 Å². The van der Waals surface area contributed by atoms with Gasteiger partial charge in [-0.3, -0.25) is 4.79 Å². The number of carbonyl (C=O) groups is 1. The van der Waals surface area contributed by atoms with Crippen LogP contribution in [0.25, 0.3) is 22.6 Å². The van der Waals surface area contributed by atoms with Crippen molar-refractivity contribution in [1.82, 2.24) is 9.97 Å². The Hall–Kier alpha value is -3.87. The van der Waals surface area contributed by atoms with Crippen molar-refractivity contribution in [2.24, 2.45) is 0 Å². The molecule has 4 rings (SSSR count). The minimum atomic E-state index is -0.931. The van der Waals surface area contributed by atoms with E-state index in [2.05, 4.69) is 15.3 Å². The van der Waals surface area contributed by atoms with Gasteiger partial charge in [0.15, 0.2) is 0 Å². The summed E-state index contributed by atoms with van der Waals surface area (Å²) >= 11 is 0. The SMILES string of the molecule is Cc1cc(NC(=O)c2c(F)cccc2F)ncc1-c1cccc(-c2ncco2)c1. The predicted molar refractivity (Wildman–Crippen MR) is 104 cm³/mol. The lowest BCUT2D eigenvalue weighted by Gasteiger charge is -2.10. The number of pyridine rings is 1. The normalized spacial score (nSPS) is 10.7. The minimum Gasteiger partial charge on any atom is -0.445 e. The summed E-state index contributed by atoms with van der Waals surface area (Å²) < 4.78 is 32.9. The molecule has 0 aliphatic carbocycles. The number of aryl methyl sites for hydroxylation is 1. The average Bonchev–Trinajstić information content (AvgIpc) is 3.23. The zero-order valence-electron chi connectivity index (χ0n) is 15.3. The van der Waals surface area contributed by atoms with Crippen molar-refractivity contribution in [3.63, 3.8) is 0 Å². The maximum Gasteiger partial charge on any atom is 0.262 e. The molecule has 2 aromatic carbocycles. The number of nitrogens with one attached hydrogen (secondary N) is 1. The van der Waals surface area contributed by atoms with E-state index in [1.54, 1.807) is 18.5 Å². The molecule has 0 aliphatic rings. The van der Waals surface area contributed by atoms with Gasteiger partial charge in [0.25, 0.3) is 5.91 Å². The molecule has 0 aliphatic heterocycles. The maximum atomic E-state index is 13.8. The molecule has 0 radical (unpaired) electrons. The molecule has 144 valence electrons. The van der Waals surface area contributed by atoms with E-state index in [0.717, 1.165) is 34.4 Å². The summed E-state index contributed by atoms with van der Waals surface area (Å²) in [5, 5.41) is 2.44. The van der Waals surface area contributed by atoms with Crippen LogP contribution in [0.3, 0.4) is 0 Å². The first-order valence-corrected chi connectivity index (χ1v) is 8.75. The van der Waals surface area contributed by atoms with Crippen molar-refractivity contribution in [2.75, 3.05) is 5.32 Å². The molecule has 0 atom stereocenters. The van der Waals surface area contributed by atoms with Crippen LogP contribution in [0.1, 0.15) is 15.9 Å². The van der Waals surface area contributed by atoms with E-state index < -0.39 is 23.1 Å². The molecular formula is C22H15F2N3O2. The van der Waals surface area contributed by atoms with Crippen molar-refractivity contribution in [2.45, 2.75) is 6.92 Å². The van der Waals surface area contributed by atoms with Crippen LogP contribution in [0.2, 0.25) is 0 Å². The van der Waals surface area contributed by atoms with Gasteiger partial charge in [-0.05, 0) is 48.4 Å². The zero-order valence-corrected chi connectivity index (χ0v) is 15.3. The van der Waals surface area contributed by atoms with Crippen LogP contribution in [0.4, 0.5) is 14.6 Å². The second-order valence-electron chi connectivity index (χ2n) is 6.35. The Bertz CT molecular complexity index is 1170. The Morgan fingerprint density at radius 3 is 2.41 bits per heavy atom. The summed E-state index contributed by atoms with van der Waals surface area (Å²) in [5.74, 6) is -2.06. The third kappa shape index (κ3) is 3.75. The monoisotopic (exact) mass is 391 g/mol. The van der Waals surface area contributed by atoms with E-state index >= 15 is 0 Å². The van der Waals surface area contributed by atoms with Gasteiger partial charge >= 0.3 is 0 Å². The Labute approximate surface area is 165 Å². The number of carbonyl (C=O) groups excluding carboxylic acids is 1. The molecule has 5 nitrogen and oxygen atoms in total. The molecule has 2 aromatic heterocycles. The number of hydrogen-bond donors (Lipinski definition) is 1. The molecule has 0 unspecified atom stereocenters. The highest BCUT2D eigenvalue weighted by atomic mass is 19.1. The first-order chi connectivity index (χ1) is 14.0. The molecule has 1 N–H and O–H groups in total. The van der Waals surface area contributed by atoms with Crippen LogP contribution < -0.4 is 5.32 Å². The Balaban J connectivity index is 1.61. The topological polar surface area (TPSA) is 68.0 Å². The third-order valence-corrected chi connectivity index (χ3v) is 4.40. The molecule has 7 heteroatoms. The fraction of sp³-hybridized carbons (Fsp3) is 0.0455. The first-order valence-electron chi connectivity index (χ1n) is 8.75. The van der Waals surface area contributed by atoms with Crippen molar-refractivity contribution >= 4 is 11.7 Å². The number of rotatable bonds is 4. The van der Waals surface area contributed by atoms with Gasteiger partial charge in [-0.1, -0.05) is 18.2 Å². The van der Waals surface area contributed by atoms with Crippen molar-refractivity contribution in [1.29, 1.82) is 0 Å².